The maximum absolute atomic E-state index is 14.0. The molecule has 20 heavy (non-hydrogen) atoms. The van der Waals surface area contributed by atoms with Gasteiger partial charge < -0.3 is 14.4 Å². The largest absolute Gasteiger partial charge is 0.382 e. The average molecular weight is 302 g/mol. The number of nitrogens with zero attached hydrogens (tertiary/aromatic N) is 1. The van der Waals surface area contributed by atoms with Crippen molar-refractivity contribution in [2.75, 3.05) is 38.4 Å². The van der Waals surface area contributed by atoms with Crippen LogP contribution in [0.4, 0.5) is 10.1 Å². The van der Waals surface area contributed by atoms with E-state index in [-0.39, 0.29) is 12.5 Å². The van der Waals surface area contributed by atoms with Crippen molar-refractivity contribution in [2.24, 2.45) is 0 Å². The Labute approximate surface area is 122 Å². The number of fused-ring (bicyclic) bond motifs is 1. The first-order valence-corrected chi connectivity index (χ1v) is 6.87. The molecule has 1 aliphatic heterocycles. The smallest absolute Gasteiger partial charge is 0.253 e. The molecule has 110 valence electrons. The molecule has 0 aromatic heterocycles. The van der Waals surface area contributed by atoms with Crippen LogP contribution in [-0.4, -0.2) is 39.4 Å². The van der Waals surface area contributed by atoms with E-state index >= 15 is 0 Å². The van der Waals surface area contributed by atoms with Crippen LogP contribution in [0, 0.1) is 5.82 Å². The van der Waals surface area contributed by atoms with Gasteiger partial charge in [0.15, 0.2) is 0 Å². The Morgan fingerprint density at radius 1 is 1.45 bits per heavy atom. The lowest BCUT2D eigenvalue weighted by atomic mass is 10.0. The molecular weight excluding hydrogens is 285 g/mol. The van der Waals surface area contributed by atoms with Gasteiger partial charge in [-0.25, -0.2) is 4.39 Å². The minimum Gasteiger partial charge on any atom is -0.382 e. The van der Waals surface area contributed by atoms with E-state index in [1.54, 1.807) is 7.11 Å². The number of anilines is 1. The van der Waals surface area contributed by atoms with Crippen LogP contribution >= 0.6 is 11.6 Å². The number of amides is 1. The van der Waals surface area contributed by atoms with Gasteiger partial charge in [-0.3, -0.25) is 4.79 Å². The second-order valence-electron chi connectivity index (χ2n) is 4.55. The molecule has 0 saturated carbocycles. The summed E-state index contributed by atoms with van der Waals surface area (Å²) in [4.78, 5) is 13.6. The lowest BCUT2D eigenvalue weighted by Gasteiger charge is -2.30. The first-order chi connectivity index (χ1) is 9.65. The van der Waals surface area contributed by atoms with Crippen molar-refractivity contribution in [3.8, 4) is 0 Å². The van der Waals surface area contributed by atoms with Crippen LogP contribution in [0.1, 0.15) is 12.0 Å². The SMILES string of the molecule is COCCOCC(=O)N1CCCc2c(Cl)ccc(F)c21. The van der Waals surface area contributed by atoms with Crippen molar-refractivity contribution in [1.29, 1.82) is 0 Å². The highest BCUT2D eigenvalue weighted by atomic mass is 35.5. The van der Waals surface area contributed by atoms with E-state index < -0.39 is 5.82 Å². The summed E-state index contributed by atoms with van der Waals surface area (Å²) in [7, 11) is 1.56. The van der Waals surface area contributed by atoms with Gasteiger partial charge in [0.2, 0.25) is 0 Å². The Morgan fingerprint density at radius 3 is 3.00 bits per heavy atom. The fourth-order valence-corrected chi connectivity index (χ4v) is 2.51. The van der Waals surface area contributed by atoms with Gasteiger partial charge >= 0.3 is 0 Å². The summed E-state index contributed by atoms with van der Waals surface area (Å²) in [6.07, 6.45) is 1.44. The molecule has 0 aliphatic carbocycles. The topological polar surface area (TPSA) is 38.8 Å². The lowest BCUT2D eigenvalue weighted by Crippen LogP contribution is -2.39. The lowest BCUT2D eigenvalue weighted by molar-refractivity contribution is -0.123. The first kappa shape index (κ1) is 15.2. The number of methoxy groups -OCH3 is 1. The molecule has 4 nitrogen and oxygen atoms in total. The molecule has 0 N–H and O–H groups in total. The zero-order chi connectivity index (χ0) is 14.5. The number of hydrogen-bond donors (Lipinski definition) is 0. The highest BCUT2D eigenvalue weighted by Gasteiger charge is 2.27. The third-order valence-electron chi connectivity index (χ3n) is 3.21. The zero-order valence-corrected chi connectivity index (χ0v) is 12.1. The Kier molecular flexibility index (Phi) is 5.34. The summed E-state index contributed by atoms with van der Waals surface area (Å²) in [6, 6.07) is 2.82. The molecule has 1 amide bonds. The van der Waals surface area contributed by atoms with Crippen molar-refractivity contribution in [3.05, 3.63) is 28.5 Å². The molecular formula is C14H17ClFNO3. The van der Waals surface area contributed by atoms with Gasteiger partial charge in [0.25, 0.3) is 5.91 Å². The van der Waals surface area contributed by atoms with Gasteiger partial charge in [-0.1, -0.05) is 11.6 Å². The second-order valence-corrected chi connectivity index (χ2v) is 4.96. The maximum Gasteiger partial charge on any atom is 0.253 e. The number of benzene rings is 1. The van der Waals surface area contributed by atoms with Gasteiger partial charge in [0.05, 0.1) is 18.9 Å². The molecule has 6 heteroatoms. The number of ether oxygens (including phenoxy) is 2. The van der Waals surface area contributed by atoms with E-state index in [1.807, 2.05) is 0 Å². The molecule has 0 bridgehead atoms. The van der Waals surface area contributed by atoms with Crippen LogP contribution in [0.3, 0.4) is 0 Å². The minimum absolute atomic E-state index is 0.0885. The van der Waals surface area contributed by atoms with E-state index in [0.29, 0.717) is 42.5 Å². The summed E-state index contributed by atoms with van der Waals surface area (Å²) >= 11 is 6.08. The Morgan fingerprint density at radius 2 is 2.25 bits per heavy atom. The monoisotopic (exact) mass is 301 g/mol. The predicted octanol–water partition coefficient (Wildman–Crippen LogP) is 2.42. The predicted molar refractivity (Wildman–Crippen MR) is 74.8 cm³/mol. The second kappa shape index (κ2) is 7.02. The molecule has 0 radical (unpaired) electrons. The molecule has 1 aliphatic rings. The van der Waals surface area contributed by atoms with Crippen LogP contribution in [0.5, 0.6) is 0 Å². The maximum atomic E-state index is 14.0. The van der Waals surface area contributed by atoms with Crippen LogP contribution in [0.2, 0.25) is 5.02 Å². The van der Waals surface area contributed by atoms with Crippen molar-refractivity contribution in [1.82, 2.24) is 0 Å². The summed E-state index contributed by atoms with van der Waals surface area (Å²) in [5.41, 5.74) is 0.993. The third kappa shape index (κ3) is 3.29. The quantitative estimate of drug-likeness (QED) is 0.784. The van der Waals surface area contributed by atoms with Crippen LogP contribution in [0.15, 0.2) is 12.1 Å². The van der Waals surface area contributed by atoms with Gasteiger partial charge in [0, 0.05) is 18.7 Å². The molecule has 0 saturated heterocycles. The standard InChI is InChI=1S/C14H17ClFNO3/c1-19-7-8-20-9-13(18)17-6-2-3-10-11(15)4-5-12(16)14(10)17/h4-5H,2-3,6-9H2,1H3. The van der Waals surface area contributed by atoms with E-state index in [1.165, 1.54) is 17.0 Å². The Bertz CT molecular complexity index is 496. The molecule has 0 fully saturated rings. The molecule has 0 unspecified atom stereocenters. The fraction of sp³-hybridized carbons (Fsp3) is 0.500. The molecule has 1 aromatic carbocycles. The average Bonchev–Trinajstić information content (AvgIpc) is 2.47. The van der Waals surface area contributed by atoms with Gasteiger partial charge in [0.1, 0.15) is 12.4 Å². The van der Waals surface area contributed by atoms with Gasteiger partial charge in [-0.05, 0) is 30.5 Å². The van der Waals surface area contributed by atoms with E-state index in [0.717, 1.165) is 6.42 Å². The summed E-state index contributed by atoms with van der Waals surface area (Å²) in [6.45, 7) is 1.15. The first-order valence-electron chi connectivity index (χ1n) is 6.49. The normalized spacial score (nSPS) is 14.2. The van der Waals surface area contributed by atoms with Gasteiger partial charge in [-0.15, -0.1) is 0 Å². The Hall–Kier alpha value is -1.17. The molecule has 0 atom stereocenters. The summed E-state index contributed by atoms with van der Waals surface area (Å²) < 4.78 is 24.0. The highest BCUT2D eigenvalue weighted by Crippen LogP contribution is 2.35. The van der Waals surface area contributed by atoms with Crippen molar-refractivity contribution in [3.63, 3.8) is 0 Å². The number of rotatable bonds is 5. The summed E-state index contributed by atoms with van der Waals surface area (Å²) in [5.74, 6) is -0.683. The van der Waals surface area contributed by atoms with E-state index in [2.05, 4.69) is 0 Å². The fourth-order valence-electron chi connectivity index (χ4n) is 2.27. The summed E-state index contributed by atoms with van der Waals surface area (Å²) in [5, 5.41) is 0.499. The highest BCUT2D eigenvalue weighted by molar-refractivity contribution is 6.32. The Balaban J connectivity index is 2.12. The van der Waals surface area contributed by atoms with E-state index in [9.17, 15) is 9.18 Å². The minimum atomic E-state index is -0.422. The van der Waals surface area contributed by atoms with E-state index in [4.69, 9.17) is 21.1 Å². The van der Waals surface area contributed by atoms with Crippen molar-refractivity contribution >= 4 is 23.2 Å². The van der Waals surface area contributed by atoms with Gasteiger partial charge in [-0.2, -0.15) is 0 Å². The van der Waals surface area contributed by atoms with Crippen molar-refractivity contribution in [2.45, 2.75) is 12.8 Å². The number of hydrogen-bond acceptors (Lipinski definition) is 3. The number of carbonyl (C=O) groups excluding carboxylic acids is 1. The third-order valence-corrected chi connectivity index (χ3v) is 3.57. The molecule has 1 aromatic rings. The number of halogens is 2. The van der Waals surface area contributed by atoms with Crippen LogP contribution in [0.25, 0.3) is 0 Å². The molecule has 1 heterocycles. The number of carbonyl (C=O) groups is 1. The van der Waals surface area contributed by atoms with Crippen LogP contribution < -0.4 is 4.90 Å². The zero-order valence-electron chi connectivity index (χ0n) is 11.3. The molecule has 2 rings (SSSR count). The van der Waals surface area contributed by atoms with Crippen LogP contribution in [-0.2, 0) is 20.7 Å². The van der Waals surface area contributed by atoms with Crippen molar-refractivity contribution < 1.29 is 18.7 Å². The molecule has 0 spiro atoms.